The van der Waals surface area contributed by atoms with E-state index in [1.54, 1.807) is 0 Å². The lowest BCUT2D eigenvalue weighted by Gasteiger charge is -2.36. The van der Waals surface area contributed by atoms with Gasteiger partial charge in [0.1, 0.15) is 0 Å². The zero-order chi connectivity index (χ0) is 16.3. The van der Waals surface area contributed by atoms with Crippen LogP contribution < -0.4 is 5.73 Å². The van der Waals surface area contributed by atoms with Gasteiger partial charge < -0.3 is 10.6 Å². The summed E-state index contributed by atoms with van der Waals surface area (Å²) in [5.74, 6) is 0.107. The standard InChI is InChI=1S/C16H29N5O/c1-5-6-15(17)16(22)21-9-7-20(8-10-21)11-14-12(2)18-19(4)13(14)3/h15H,5-11,17H2,1-4H3. The molecule has 1 aliphatic heterocycles. The van der Waals surface area contributed by atoms with Crippen molar-refractivity contribution in [2.24, 2.45) is 12.8 Å². The van der Waals surface area contributed by atoms with E-state index >= 15 is 0 Å². The summed E-state index contributed by atoms with van der Waals surface area (Å²) in [4.78, 5) is 16.5. The number of nitrogens with zero attached hydrogens (tertiary/aromatic N) is 4. The monoisotopic (exact) mass is 307 g/mol. The van der Waals surface area contributed by atoms with Gasteiger partial charge in [0.2, 0.25) is 5.91 Å². The lowest BCUT2D eigenvalue weighted by molar-refractivity contribution is -0.134. The maximum absolute atomic E-state index is 12.2. The van der Waals surface area contributed by atoms with Gasteiger partial charge in [-0.3, -0.25) is 14.4 Å². The Balaban J connectivity index is 1.88. The molecule has 0 saturated carbocycles. The van der Waals surface area contributed by atoms with E-state index in [2.05, 4.69) is 30.8 Å². The molecule has 1 atom stereocenters. The molecule has 1 aliphatic rings. The summed E-state index contributed by atoms with van der Waals surface area (Å²) in [5, 5.41) is 4.47. The average molecular weight is 307 g/mol. The molecule has 1 fully saturated rings. The summed E-state index contributed by atoms with van der Waals surface area (Å²) in [5.41, 5.74) is 9.58. The SMILES string of the molecule is CCCC(N)C(=O)N1CCN(Cc2c(C)nn(C)c2C)CC1. The Morgan fingerprint density at radius 2 is 1.91 bits per heavy atom. The van der Waals surface area contributed by atoms with E-state index in [1.807, 2.05) is 16.6 Å². The van der Waals surface area contributed by atoms with Gasteiger partial charge in [-0.2, -0.15) is 5.10 Å². The molecular weight excluding hydrogens is 278 g/mol. The highest BCUT2D eigenvalue weighted by Crippen LogP contribution is 2.16. The fourth-order valence-electron chi connectivity index (χ4n) is 3.07. The summed E-state index contributed by atoms with van der Waals surface area (Å²) >= 11 is 0. The lowest BCUT2D eigenvalue weighted by atomic mass is 10.1. The van der Waals surface area contributed by atoms with Crippen LogP contribution in [0.3, 0.4) is 0 Å². The topological polar surface area (TPSA) is 67.4 Å². The molecule has 2 heterocycles. The second-order valence-corrected chi connectivity index (χ2v) is 6.27. The zero-order valence-electron chi connectivity index (χ0n) is 14.3. The molecule has 0 aliphatic carbocycles. The van der Waals surface area contributed by atoms with Gasteiger partial charge in [-0.1, -0.05) is 13.3 Å². The predicted molar refractivity (Wildman–Crippen MR) is 87.4 cm³/mol. The number of rotatable bonds is 5. The first-order chi connectivity index (χ1) is 10.4. The third-order valence-electron chi connectivity index (χ3n) is 4.64. The number of aryl methyl sites for hydroxylation is 2. The van der Waals surface area contributed by atoms with E-state index in [0.29, 0.717) is 0 Å². The Bertz CT molecular complexity index is 517. The number of carbonyl (C=O) groups is 1. The maximum atomic E-state index is 12.2. The van der Waals surface area contributed by atoms with Crippen molar-refractivity contribution in [2.45, 2.75) is 46.2 Å². The van der Waals surface area contributed by atoms with Gasteiger partial charge in [-0.25, -0.2) is 0 Å². The molecular formula is C16H29N5O. The van der Waals surface area contributed by atoms with Crippen LogP contribution in [0.5, 0.6) is 0 Å². The quantitative estimate of drug-likeness (QED) is 0.874. The second kappa shape index (κ2) is 7.24. The first-order valence-corrected chi connectivity index (χ1v) is 8.19. The molecule has 0 radical (unpaired) electrons. The Labute approximate surface area is 133 Å². The third kappa shape index (κ3) is 3.67. The van der Waals surface area contributed by atoms with E-state index in [-0.39, 0.29) is 11.9 Å². The fraction of sp³-hybridized carbons (Fsp3) is 0.750. The third-order valence-corrected chi connectivity index (χ3v) is 4.64. The molecule has 0 bridgehead atoms. The summed E-state index contributed by atoms with van der Waals surface area (Å²) in [7, 11) is 1.98. The lowest BCUT2D eigenvalue weighted by Crippen LogP contribution is -2.52. The molecule has 1 aromatic rings. The van der Waals surface area contributed by atoms with Crippen LogP contribution in [0.1, 0.15) is 36.7 Å². The van der Waals surface area contributed by atoms with Gasteiger partial charge in [0.05, 0.1) is 11.7 Å². The minimum absolute atomic E-state index is 0.107. The second-order valence-electron chi connectivity index (χ2n) is 6.27. The van der Waals surface area contributed by atoms with Crippen LogP contribution in [0.4, 0.5) is 0 Å². The molecule has 2 rings (SSSR count). The number of carbonyl (C=O) groups excluding carboxylic acids is 1. The van der Waals surface area contributed by atoms with E-state index in [1.165, 1.54) is 11.3 Å². The molecule has 6 nitrogen and oxygen atoms in total. The summed E-state index contributed by atoms with van der Waals surface area (Å²) in [6.07, 6.45) is 1.72. The molecule has 1 unspecified atom stereocenters. The van der Waals surface area contributed by atoms with Crippen LogP contribution in [-0.4, -0.2) is 57.7 Å². The van der Waals surface area contributed by atoms with Crippen molar-refractivity contribution in [1.29, 1.82) is 0 Å². The van der Waals surface area contributed by atoms with Gasteiger partial charge >= 0.3 is 0 Å². The van der Waals surface area contributed by atoms with Gasteiger partial charge in [0, 0.05) is 51.0 Å². The largest absolute Gasteiger partial charge is 0.339 e. The predicted octanol–water partition coefficient (Wildman–Crippen LogP) is 0.809. The highest BCUT2D eigenvalue weighted by Gasteiger charge is 2.25. The zero-order valence-corrected chi connectivity index (χ0v) is 14.3. The van der Waals surface area contributed by atoms with Crippen LogP contribution in [-0.2, 0) is 18.4 Å². The number of hydrogen-bond donors (Lipinski definition) is 1. The van der Waals surface area contributed by atoms with E-state index < -0.39 is 0 Å². The maximum Gasteiger partial charge on any atom is 0.239 e. The van der Waals surface area contributed by atoms with Crippen LogP contribution in [0.25, 0.3) is 0 Å². The Hall–Kier alpha value is -1.40. The molecule has 6 heteroatoms. The molecule has 1 amide bonds. The number of amides is 1. The minimum atomic E-state index is -0.334. The number of hydrogen-bond acceptors (Lipinski definition) is 4. The molecule has 1 saturated heterocycles. The fourth-order valence-corrected chi connectivity index (χ4v) is 3.07. The van der Waals surface area contributed by atoms with Crippen molar-refractivity contribution < 1.29 is 4.79 Å². The normalized spacial score (nSPS) is 17.8. The number of aromatic nitrogens is 2. The smallest absolute Gasteiger partial charge is 0.239 e. The Morgan fingerprint density at radius 3 is 2.41 bits per heavy atom. The van der Waals surface area contributed by atoms with Gasteiger partial charge in [-0.15, -0.1) is 0 Å². The molecule has 1 aromatic heterocycles. The first kappa shape index (κ1) is 17.0. The van der Waals surface area contributed by atoms with Crippen LogP contribution in [0.15, 0.2) is 0 Å². The van der Waals surface area contributed by atoms with Crippen molar-refractivity contribution in [1.82, 2.24) is 19.6 Å². The summed E-state index contributed by atoms with van der Waals surface area (Å²) in [6, 6.07) is -0.334. The molecule has 2 N–H and O–H groups in total. The molecule has 0 spiro atoms. The van der Waals surface area contributed by atoms with Crippen LogP contribution in [0.2, 0.25) is 0 Å². The van der Waals surface area contributed by atoms with E-state index in [0.717, 1.165) is 51.3 Å². The number of piperazine rings is 1. The van der Waals surface area contributed by atoms with E-state index in [4.69, 9.17) is 5.73 Å². The van der Waals surface area contributed by atoms with Crippen molar-refractivity contribution in [2.75, 3.05) is 26.2 Å². The van der Waals surface area contributed by atoms with Crippen LogP contribution >= 0.6 is 0 Å². The first-order valence-electron chi connectivity index (χ1n) is 8.19. The summed E-state index contributed by atoms with van der Waals surface area (Å²) in [6.45, 7) is 10.5. The molecule has 124 valence electrons. The van der Waals surface area contributed by atoms with E-state index in [9.17, 15) is 4.79 Å². The number of nitrogens with two attached hydrogens (primary N) is 1. The van der Waals surface area contributed by atoms with Crippen molar-refractivity contribution in [3.8, 4) is 0 Å². The molecule has 22 heavy (non-hydrogen) atoms. The minimum Gasteiger partial charge on any atom is -0.339 e. The van der Waals surface area contributed by atoms with Gasteiger partial charge in [0.25, 0.3) is 0 Å². The van der Waals surface area contributed by atoms with Gasteiger partial charge in [-0.05, 0) is 20.3 Å². The van der Waals surface area contributed by atoms with Crippen LogP contribution in [0, 0.1) is 13.8 Å². The Morgan fingerprint density at radius 1 is 1.27 bits per heavy atom. The highest BCUT2D eigenvalue weighted by atomic mass is 16.2. The highest BCUT2D eigenvalue weighted by molar-refractivity contribution is 5.81. The van der Waals surface area contributed by atoms with Crippen molar-refractivity contribution in [3.05, 3.63) is 17.0 Å². The Kier molecular flexibility index (Phi) is 5.58. The van der Waals surface area contributed by atoms with Crippen molar-refractivity contribution >= 4 is 5.91 Å². The van der Waals surface area contributed by atoms with Crippen molar-refractivity contribution in [3.63, 3.8) is 0 Å². The van der Waals surface area contributed by atoms with Gasteiger partial charge in [0.15, 0.2) is 0 Å². The molecule has 0 aromatic carbocycles. The summed E-state index contributed by atoms with van der Waals surface area (Å²) < 4.78 is 1.94. The average Bonchev–Trinajstić information content (AvgIpc) is 2.74.